The van der Waals surface area contributed by atoms with E-state index in [1.165, 1.54) is 51.3 Å². The van der Waals surface area contributed by atoms with Crippen LogP contribution < -0.4 is 0 Å². The van der Waals surface area contributed by atoms with Gasteiger partial charge in [0.2, 0.25) is 11.8 Å². The van der Waals surface area contributed by atoms with Gasteiger partial charge in [-0.1, -0.05) is 12.8 Å². The molecule has 8 nitrogen and oxygen atoms in total. The van der Waals surface area contributed by atoms with E-state index in [0.29, 0.717) is 28.8 Å². The van der Waals surface area contributed by atoms with Crippen LogP contribution >= 0.6 is 11.3 Å². The Labute approximate surface area is 200 Å². The van der Waals surface area contributed by atoms with Gasteiger partial charge in [0, 0.05) is 27.8 Å². The quantitative estimate of drug-likeness (QED) is 0.485. The topological polar surface area (TPSA) is 113 Å². The van der Waals surface area contributed by atoms with Crippen molar-refractivity contribution >= 4 is 33.9 Å². The molecule has 0 spiro atoms. The summed E-state index contributed by atoms with van der Waals surface area (Å²) in [4.78, 5) is 26.9. The standard InChI is InChI=1S/C25H27N3O5S/c29-22(26-27-23(30)21-13-15-6-3-1-2-4-8-20(15)34-21)16-9-10-18-19(12-16)25(32)28(24(18)31)14-17-7-5-11-33-17/h9-10,12-13,17,31-32H,1-8,11,14H2. The maximum absolute atomic E-state index is 12.6. The third-order valence-electron chi connectivity index (χ3n) is 6.61. The number of aromatic hydroxyl groups is 2. The van der Waals surface area contributed by atoms with Crippen molar-refractivity contribution in [1.29, 1.82) is 0 Å². The number of nitrogens with zero attached hydrogens (tertiary/aromatic N) is 3. The minimum Gasteiger partial charge on any atom is -0.494 e. The van der Waals surface area contributed by atoms with Crippen molar-refractivity contribution in [2.75, 3.05) is 6.61 Å². The second kappa shape index (κ2) is 9.68. The van der Waals surface area contributed by atoms with Gasteiger partial charge in [-0.25, -0.2) is 0 Å². The molecule has 3 aromatic rings. The first-order valence-electron chi connectivity index (χ1n) is 11.8. The summed E-state index contributed by atoms with van der Waals surface area (Å²) in [5.41, 5.74) is 1.38. The van der Waals surface area contributed by atoms with Gasteiger partial charge < -0.3 is 14.9 Å². The van der Waals surface area contributed by atoms with Crippen LogP contribution in [-0.2, 0) is 24.1 Å². The van der Waals surface area contributed by atoms with Crippen molar-refractivity contribution in [2.45, 2.75) is 64.0 Å². The first kappa shape index (κ1) is 22.7. The molecular weight excluding hydrogens is 454 g/mol. The van der Waals surface area contributed by atoms with E-state index >= 15 is 0 Å². The van der Waals surface area contributed by atoms with Crippen LogP contribution in [0, 0.1) is 0 Å². The van der Waals surface area contributed by atoms with Crippen LogP contribution in [0.2, 0.25) is 0 Å². The predicted molar refractivity (Wildman–Crippen MR) is 128 cm³/mol. The summed E-state index contributed by atoms with van der Waals surface area (Å²) in [5.74, 6) is -1.42. The molecule has 1 fully saturated rings. The first-order chi connectivity index (χ1) is 16.5. The lowest BCUT2D eigenvalue weighted by molar-refractivity contribution is 0.0930. The molecule has 1 aromatic carbocycles. The zero-order chi connectivity index (χ0) is 23.7. The Morgan fingerprint density at radius 2 is 1.74 bits per heavy atom. The van der Waals surface area contributed by atoms with Gasteiger partial charge in [-0.3, -0.25) is 14.2 Å². The van der Waals surface area contributed by atoms with E-state index in [-0.39, 0.29) is 23.4 Å². The zero-order valence-electron chi connectivity index (χ0n) is 18.8. The third-order valence-corrected chi connectivity index (χ3v) is 7.83. The summed E-state index contributed by atoms with van der Waals surface area (Å²) >= 11 is 1.45. The van der Waals surface area contributed by atoms with Crippen LogP contribution in [0.4, 0.5) is 0 Å². The second-order valence-electron chi connectivity index (χ2n) is 8.94. The van der Waals surface area contributed by atoms with E-state index in [4.69, 9.17) is 4.74 Å². The molecule has 1 aliphatic carbocycles. The monoisotopic (exact) mass is 481 g/mol. The molecule has 5 rings (SSSR count). The van der Waals surface area contributed by atoms with E-state index < -0.39 is 11.8 Å². The highest BCUT2D eigenvalue weighted by molar-refractivity contribution is 7.14. The summed E-state index contributed by atoms with van der Waals surface area (Å²) in [6, 6.07) is 6.40. The summed E-state index contributed by atoms with van der Waals surface area (Å²) < 4.78 is 6.99. The fourth-order valence-corrected chi connectivity index (χ4v) is 5.89. The zero-order valence-corrected chi connectivity index (χ0v) is 19.6. The third kappa shape index (κ3) is 4.50. The first-order valence-corrected chi connectivity index (χ1v) is 12.6. The molecule has 34 heavy (non-hydrogen) atoms. The predicted octanol–water partition coefficient (Wildman–Crippen LogP) is 5.38. The Morgan fingerprint density at radius 1 is 0.971 bits per heavy atom. The van der Waals surface area contributed by atoms with Crippen LogP contribution in [0.15, 0.2) is 34.5 Å². The lowest BCUT2D eigenvalue weighted by Gasteiger charge is -2.12. The van der Waals surface area contributed by atoms with Crippen molar-refractivity contribution in [3.8, 4) is 11.8 Å². The van der Waals surface area contributed by atoms with Crippen LogP contribution in [0.25, 0.3) is 10.8 Å². The number of carbonyl (C=O) groups is 2. The second-order valence-corrected chi connectivity index (χ2v) is 10.1. The summed E-state index contributed by atoms with van der Waals surface area (Å²) in [7, 11) is 0. The Hall–Kier alpha value is -3.04. The lowest BCUT2D eigenvalue weighted by atomic mass is 10.00. The summed E-state index contributed by atoms with van der Waals surface area (Å²) in [6.07, 6.45) is 8.36. The van der Waals surface area contributed by atoms with Gasteiger partial charge >= 0.3 is 5.91 Å². The molecule has 9 heteroatoms. The summed E-state index contributed by atoms with van der Waals surface area (Å²) in [5, 5.41) is 29.3. The van der Waals surface area contributed by atoms with Gasteiger partial charge in [-0.15, -0.1) is 21.6 Å². The van der Waals surface area contributed by atoms with Crippen molar-refractivity contribution < 1.29 is 24.5 Å². The number of rotatable bonds is 4. The number of ether oxygens (including phenoxy) is 1. The van der Waals surface area contributed by atoms with E-state index in [1.807, 2.05) is 6.07 Å². The molecule has 2 aromatic heterocycles. The van der Waals surface area contributed by atoms with E-state index in [1.54, 1.807) is 6.07 Å². The van der Waals surface area contributed by atoms with Crippen molar-refractivity contribution in [2.24, 2.45) is 10.2 Å². The number of benzene rings is 1. The number of hydrogen-bond acceptors (Lipinski definition) is 6. The number of carbonyl (C=O) groups excluding carboxylic acids is 2. The molecule has 2 amide bonds. The van der Waals surface area contributed by atoms with E-state index in [0.717, 1.165) is 38.5 Å². The molecule has 0 bridgehead atoms. The average molecular weight is 482 g/mol. The summed E-state index contributed by atoms with van der Waals surface area (Å²) in [6.45, 7) is 0.998. The fraction of sp³-hybridized carbons (Fsp3) is 0.440. The highest BCUT2D eigenvalue weighted by Gasteiger charge is 2.23. The minimum atomic E-state index is -0.684. The number of aromatic nitrogens is 1. The fourth-order valence-electron chi connectivity index (χ4n) is 4.76. The Morgan fingerprint density at radius 3 is 2.53 bits per heavy atom. The number of azo groups is 1. The molecular formula is C25H27N3O5S. The van der Waals surface area contributed by atoms with Gasteiger partial charge in [0.25, 0.3) is 5.91 Å². The Kier molecular flexibility index (Phi) is 6.47. The molecule has 2 aliphatic rings. The molecule has 2 N–H and O–H groups in total. The molecule has 1 saturated heterocycles. The Balaban J connectivity index is 1.33. The van der Waals surface area contributed by atoms with Crippen molar-refractivity contribution in [3.63, 3.8) is 0 Å². The Bertz CT molecular complexity index is 1240. The highest BCUT2D eigenvalue weighted by atomic mass is 32.1. The SMILES string of the molecule is O=C(N=NC(=O)c1cc2c(s1)CCCCCC2)c1ccc2c(O)n(CC3CCCO3)c(O)c2c1. The van der Waals surface area contributed by atoms with Crippen molar-refractivity contribution in [1.82, 2.24) is 4.57 Å². The number of hydrogen-bond donors (Lipinski definition) is 2. The van der Waals surface area contributed by atoms with Gasteiger partial charge in [0.05, 0.1) is 17.5 Å². The lowest BCUT2D eigenvalue weighted by Crippen LogP contribution is -2.14. The van der Waals surface area contributed by atoms with Crippen LogP contribution in [0.1, 0.15) is 69.0 Å². The van der Waals surface area contributed by atoms with Gasteiger partial charge in [0.1, 0.15) is 0 Å². The van der Waals surface area contributed by atoms with Crippen LogP contribution in [-0.4, -0.2) is 39.3 Å². The van der Waals surface area contributed by atoms with E-state index in [2.05, 4.69) is 10.2 Å². The smallest absolute Gasteiger partial charge is 0.305 e. The average Bonchev–Trinajstić information content (AvgIpc) is 3.54. The van der Waals surface area contributed by atoms with Crippen LogP contribution in [0.3, 0.4) is 0 Å². The maximum Gasteiger partial charge on any atom is 0.305 e. The maximum atomic E-state index is 12.6. The largest absolute Gasteiger partial charge is 0.494 e. The number of amides is 2. The van der Waals surface area contributed by atoms with Crippen LogP contribution in [0.5, 0.6) is 11.8 Å². The minimum absolute atomic E-state index is 0.0730. The molecule has 1 unspecified atom stereocenters. The van der Waals surface area contributed by atoms with Gasteiger partial charge in [0.15, 0.2) is 0 Å². The van der Waals surface area contributed by atoms with Gasteiger partial charge in [-0.2, -0.15) is 0 Å². The highest BCUT2D eigenvalue weighted by Crippen LogP contribution is 2.38. The normalized spacial score (nSPS) is 18.8. The molecule has 178 valence electrons. The molecule has 1 atom stereocenters. The number of fused-ring (bicyclic) bond motifs is 2. The number of thiophene rings is 1. The van der Waals surface area contributed by atoms with Gasteiger partial charge in [-0.05, 0) is 68.4 Å². The molecule has 1 aliphatic heterocycles. The molecule has 0 saturated carbocycles. The van der Waals surface area contributed by atoms with Crippen molar-refractivity contribution in [3.05, 3.63) is 45.1 Å². The molecule has 0 radical (unpaired) electrons. The number of aryl methyl sites for hydroxylation is 2. The van der Waals surface area contributed by atoms with E-state index in [9.17, 15) is 19.8 Å². The molecule has 3 heterocycles.